The van der Waals surface area contributed by atoms with Gasteiger partial charge in [0.2, 0.25) is 0 Å². The Bertz CT molecular complexity index is 500. The van der Waals surface area contributed by atoms with E-state index in [4.69, 9.17) is 4.74 Å². The molecule has 3 heterocycles. The van der Waals surface area contributed by atoms with E-state index in [-0.39, 0.29) is 6.10 Å². The Morgan fingerprint density at radius 3 is 3.06 bits per heavy atom. The number of anilines is 1. The lowest BCUT2D eigenvalue weighted by molar-refractivity contribution is 0.0418. The summed E-state index contributed by atoms with van der Waals surface area (Å²) in [6, 6.07) is 8.27. The van der Waals surface area contributed by atoms with Gasteiger partial charge in [-0.2, -0.15) is 0 Å². The van der Waals surface area contributed by atoms with Crippen LogP contribution >= 0.6 is 27.3 Å². The second-order valence-electron chi connectivity index (χ2n) is 4.16. The Kier molecular flexibility index (Phi) is 3.63. The molecular formula is C13H13BrN2OS. The van der Waals surface area contributed by atoms with Gasteiger partial charge >= 0.3 is 0 Å². The third-order valence-corrected chi connectivity index (χ3v) is 4.40. The van der Waals surface area contributed by atoms with Gasteiger partial charge in [0.15, 0.2) is 0 Å². The number of rotatable bonds is 2. The summed E-state index contributed by atoms with van der Waals surface area (Å²) in [6.45, 7) is 2.52. The number of hydrogen-bond donors (Lipinski definition) is 0. The molecule has 1 fully saturated rings. The average molecular weight is 325 g/mol. The first-order chi connectivity index (χ1) is 8.83. The van der Waals surface area contributed by atoms with Gasteiger partial charge in [-0.3, -0.25) is 0 Å². The summed E-state index contributed by atoms with van der Waals surface area (Å²) in [5, 5.41) is 2.09. The van der Waals surface area contributed by atoms with E-state index < -0.39 is 0 Å². The molecule has 3 rings (SSSR count). The van der Waals surface area contributed by atoms with Crippen LogP contribution in [0.2, 0.25) is 0 Å². The van der Waals surface area contributed by atoms with Gasteiger partial charge < -0.3 is 9.64 Å². The number of halogens is 1. The van der Waals surface area contributed by atoms with E-state index in [1.807, 2.05) is 18.3 Å². The largest absolute Gasteiger partial charge is 0.369 e. The van der Waals surface area contributed by atoms with Crippen molar-refractivity contribution in [3.05, 3.63) is 45.2 Å². The maximum atomic E-state index is 5.83. The van der Waals surface area contributed by atoms with Crippen LogP contribution < -0.4 is 4.90 Å². The molecule has 2 aromatic heterocycles. The van der Waals surface area contributed by atoms with Gasteiger partial charge in [0.05, 0.1) is 13.2 Å². The highest BCUT2D eigenvalue weighted by Crippen LogP contribution is 2.28. The summed E-state index contributed by atoms with van der Waals surface area (Å²) < 4.78 is 6.84. The molecule has 0 bridgehead atoms. The zero-order chi connectivity index (χ0) is 12.4. The number of aromatic nitrogens is 1. The van der Waals surface area contributed by atoms with Crippen molar-refractivity contribution >= 4 is 33.1 Å². The van der Waals surface area contributed by atoms with Gasteiger partial charge in [-0.05, 0) is 39.5 Å². The number of pyridine rings is 1. The minimum Gasteiger partial charge on any atom is -0.369 e. The molecule has 94 valence electrons. The molecule has 1 aliphatic heterocycles. The van der Waals surface area contributed by atoms with Crippen molar-refractivity contribution in [2.45, 2.75) is 6.10 Å². The summed E-state index contributed by atoms with van der Waals surface area (Å²) in [6.07, 6.45) is 2.01. The van der Waals surface area contributed by atoms with E-state index in [2.05, 4.69) is 43.3 Å². The summed E-state index contributed by atoms with van der Waals surface area (Å²) in [5.74, 6) is 1.02. The smallest absolute Gasteiger partial charge is 0.128 e. The monoisotopic (exact) mass is 324 g/mol. The van der Waals surface area contributed by atoms with Crippen molar-refractivity contribution < 1.29 is 4.74 Å². The lowest BCUT2D eigenvalue weighted by Crippen LogP contribution is -2.38. The second-order valence-corrected chi connectivity index (χ2v) is 6.05. The van der Waals surface area contributed by atoms with Crippen LogP contribution in [-0.4, -0.2) is 24.7 Å². The Labute approximate surface area is 119 Å². The third-order valence-electron chi connectivity index (χ3n) is 2.96. The normalized spacial score (nSPS) is 20.1. The molecular weight excluding hydrogens is 312 g/mol. The van der Waals surface area contributed by atoms with E-state index in [1.54, 1.807) is 11.3 Å². The van der Waals surface area contributed by atoms with Gasteiger partial charge in [-0.1, -0.05) is 6.07 Å². The topological polar surface area (TPSA) is 25.4 Å². The fraction of sp³-hybridized carbons (Fsp3) is 0.308. The van der Waals surface area contributed by atoms with Crippen molar-refractivity contribution in [2.24, 2.45) is 0 Å². The Morgan fingerprint density at radius 2 is 2.33 bits per heavy atom. The van der Waals surface area contributed by atoms with Crippen molar-refractivity contribution in [1.82, 2.24) is 4.98 Å². The van der Waals surface area contributed by atoms with Gasteiger partial charge in [0.1, 0.15) is 11.9 Å². The van der Waals surface area contributed by atoms with Crippen LogP contribution in [-0.2, 0) is 4.74 Å². The minimum atomic E-state index is 0.171. The molecule has 0 aliphatic carbocycles. The number of nitrogens with zero attached hydrogens (tertiary/aromatic N) is 2. The van der Waals surface area contributed by atoms with Crippen molar-refractivity contribution in [3.8, 4) is 0 Å². The summed E-state index contributed by atoms with van der Waals surface area (Å²) in [5.41, 5.74) is 0. The Balaban J connectivity index is 1.76. The molecule has 5 heteroatoms. The van der Waals surface area contributed by atoms with Crippen LogP contribution in [0.4, 0.5) is 5.82 Å². The SMILES string of the molecule is Brc1ccc(N2CCOC(c3cccs3)C2)nc1. The number of hydrogen-bond acceptors (Lipinski definition) is 4. The van der Waals surface area contributed by atoms with Crippen molar-refractivity contribution in [1.29, 1.82) is 0 Å². The molecule has 1 aliphatic rings. The van der Waals surface area contributed by atoms with Crippen LogP contribution in [0.3, 0.4) is 0 Å². The zero-order valence-electron chi connectivity index (χ0n) is 9.75. The van der Waals surface area contributed by atoms with E-state index in [1.165, 1.54) is 4.88 Å². The summed E-state index contributed by atoms with van der Waals surface area (Å²) in [7, 11) is 0. The zero-order valence-corrected chi connectivity index (χ0v) is 12.2. The summed E-state index contributed by atoms with van der Waals surface area (Å²) in [4.78, 5) is 8.01. The molecule has 1 atom stereocenters. The van der Waals surface area contributed by atoms with Crippen molar-refractivity contribution in [2.75, 3.05) is 24.6 Å². The molecule has 1 unspecified atom stereocenters. The molecule has 0 radical (unpaired) electrons. The van der Waals surface area contributed by atoms with Crippen LogP contribution in [0, 0.1) is 0 Å². The first-order valence-corrected chi connectivity index (χ1v) is 7.52. The van der Waals surface area contributed by atoms with Crippen LogP contribution in [0.5, 0.6) is 0 Å². The minimum absolute atomic E-state index is 0.171. The number of thiophene rings is 1. The predicted octanol–water partition coefficient (Wildman–Crippen LogP) is 3.48. The molecule has 1 saturated heterocycles. The molecule has 0 amide bonds. The molecule has 3 nitrogen and oxygen atoms in total. The van der Waals surface area contributed by atoms with Gasteiger partial charge in [0.25, 0.3) is 0 Å². The fourth-order valence-electron chi connectivity index (χ4n) is 2.06. The third kappa shape index (κ3) is 2.58. The molecule has 0 saturated carbocycles. The first kappa shape index (κ1) is 12.1. The van der Waals surface area contributed by atoms with Crippen molar-refractivity contribution in [3.63, 3.8) is 0 Å². The average Bonchev–Trinajstić information content (AvgIpc) is 2.94. The predicted molar refractivity (Wildman–Crippen MR) is 77.2 cm³/mol. The molecule has 0 aromatic carbocycles. The van der Waals surface area contributed by atoms with Crippen LogP contribution in [0.25, 0.3) is 0 Å². The van der Waals surface area contributed by atoms with E-state index in [9.17, 15) is 0 Å². The lowest BCUT2D eigenvalue weighted by Gasteiger charge is -2.33. The van der Waals surface area contributed by atoms with Gasteiger partial charge in [0, 0.05) is 22.1 Å². The quantitative estimate of drug-likeness (QED) is 0.845. The van der Waals surface area contributed by atoms with Crippen LogP contribution in [0.1, 0.15) is 11.0 Å². The van der Waals surface area contributed by atoms with E-state index in [0.717, 1.165) is 30.0 Å². The maximum absolute atomic E-state index is 5.83. The van der Waals surface area contributed by atoms with E-state index >= 15 is 0 Å². The standard InChI is InChI=1S/C13H13BrN2OS/c14-10-3-4-13(15-8-10)16-5-6-17-11(9-16)12-2-1-7-18-12/h1-4,7-8,11H,5-6,9H2. The van der Waals surface area contributed by atoms with Gasteiger partial charge in [-0.25, -0.2) is 4.98 Å². The highest BCUT2D eigenvalue weighted by Gasteiger charge is 2.23. The Morgan fingerprint density at radius 1 is 1.39 bits per heavy atom. The Hall–Kier alpha value is -0.910. The first-order valence-electron chi connectivity index (χ1n) is 5.84. The molecule has 18 heavy (non-hydrogen) atoms. The second kappa shape index (κ2) is 5.38. The van der Waals surface area contributed by atoms with E-state index in [0.29, 0.717) is 0 Å². The fourth-order valence-corrected chi connectivity index (χ4v) is 3.06. The highest BCUT2D eigenvalue weighted by molar-refractivity contribution is 9.10. The van der Waals surface area contributed by atoms with Gasteiger partial charge in [-0.15, -0.1) is 11.3 Å². The maximum Gasteiger partial charge on any atom is 0.128 e. The van der Waals surface area contributed by atoms with Crippen LogP contribution in [0.15, 0.2) is 40.3 Å². The highest BCUT2D eigenvalue weighted by atomic mass is 79.9. The lowest BCUT2D eigenvalue weighted by atomic mass is 10.2. The molecule has 0 spiro atoms. The molecule has 0 N–H and O–H groups in total. The number of ether oxygens (including phenoxy) is 1. The number of morpholine rings is 1. The summed E-state index contributed by atoms with van der Waals surface area (Å²) >= 11 is 5.16. The molecule has 2 aromatic rings.